The Morgan fingerprint density at radius 3 is 2.50 bits per heavy atom. The van der Waals surface area contributed by atoms with E-state index in [2.05, 4.69) is 16.6 Å². The largest absolute Gasteiger partial charge is 0.480 e. The standard InChI is InChI=1S/C11H18N2O3/c1-4-6-8(3)12-11(16)13-9(7-5-2)10(14)15/h2,8-9H,4,6-7H2,1,3H3,(H,14,15)(H2,12,13,16). The molecule has 0 spiro atoms. The molecule has 2 unspecified atom stereocenters. The number of carbonyl (C=O) groups is 2. The highest BCUT2D eigenvalue weighted by Gasteiger charge is 2.19. The summed E-state index contributed by atoms with van der Waals surface area (Å²) >= 11 is 0. The van der Waals surface area contributed by atoms with Gasteiger partial charge >= 0.3 is 12.0 Å². The monoisotopic (exact) mass is 226 g/mol. The van der Waals surface area contributed by atoms with Crippen LogP contribution >= 0.6 is 0 Å². The van der Waals surface area contributed by atoms with Crippen LogP contribution in [0, 0.1) is 12.3 Å². The molecular formula is C11H18N2O3. The molecule has 0 fully saturated rings. The van der Waals surface area contributed by atoms with Crippen LogP contribution in [0.5, 0.6) is 0 Å². The zero-order valence-corrected chi connectivity index (χ0v) is 9.62. The maximum atomic E-state index is 11.4. The highest BCUT2D eigenvalue weighted by Crippen LogP contribution is 1.95. The maximum Gasteiger partial charge on any atom is 0.327 e. The Morgan fingerprint density at radius 2 is 2.06 bits per heavy atom. The second-order valence-corrected chi connectivity index (χ2v) is 3.61. The van der Waals surface area contributed by atoms with E-state index in [1.165, 1.54) is 0 Å². The summed E-state index contributed by atoms with van der Waals surface area (Å²) in [6.45, 7) is 3.87. The molecule has 2 atom stereocenters. The summed E-state index contributed by atoms with van der Waals surface area (Å²) in [5.74, 6) is 1.08. The van der Waals surface area contributed by atoms with Crippen LogP contribution in [0.25, 0.3) is 0 Å². The average Bonchev–Trinajstić information content (AvgIpc) is 2.16. The second-order valence-electron chi connectivity index (χ2n) is 3.61. The first kappa shape index (κ1) is 14.3. The number of hydrogen-bond donors (Lipinski definition) is 3. The van der Waals surface area contributed by atoms with E-state index in [1.54, 1.807) is 0 Å². The van der Waals surface area contributed by atoms with Crippen molar-refractivity contribution in [3.8, 4) is 12.3 Å². The van der Waals surface area contributed by atoms with Gasteiger partial charge in [0.05, 0.1) is 0 Å². The van der Waals surface area contributed by atoms with Gasteiger partial charge in [-0.2, -0.15) is 0 Å². The van der Waals surface area contributed by atoms with Crippen LogP contribution in [0.3, 0.4) is 0 Å². The molecule has 0 heterocycles. The Kier molecular flexibility index (Phi) is 6.77. The SMILES string of the molecule is C#CCC(NC(=O)NC(C)CCC)C(=O)O. The lowest BCUT2D eigenvalue weighted by atomic mass is 10.2. The van der Waals surface area contributed by atoms with E-state index >= 15 is 0 Å². The van der Waals surface area contributed by atoms with Crippen LogP contribution < -0.4 is 10.6 Å². The summed E-state index contributed by atoms with van der Waals surface area (Å²) in [5.41, 5.74) is 0. The summed E-state index contributed by atoms with van der Waals surface area (Å²) in [6, 6.07) is -1.51. The number of rotatable bonds is 6. The number of amides is 2. The zero-order chi connectivity index (χ0) is 12.6. The fraction of sp³-hybridized carbons (Fsp3) is 0.636. The van der Waals surface area contributed by atoms with Crippen molar-refractivity contribution < 1.29 is 14.7 Å². The number of carboxylic acids is 1. The van der Waals surface area contributed by atoms with Gasteiger partial charge in [-0.3, -0.25) is 0 Å². The molecule has 0 bridgehead atoms. The molecular weight excluding hydrogens is 208 g/mol. The molecule has 0 aliphatic rings. The smallest absolute Gasteiger partial charge is 0.327 e. The molecule has 0 radical (unpaired) electrons. The first-order chi connectivity index (χ1) is 7.51. The van der Waals surface area contributed by atoms with Gasteiger partial charge in [0.2, 0.25) is 0 Å². The van der Waals surface area contributed by atoms with Crippen LogP contribution in [0.2, 0.25) is 0 Å². The van der Waals surface area contributed by atoms with E-state index in [0.717, 1.165) is 12.8 Å². The van der Waals surface area contributed by atoms with Gasteiger partial charge in [-0.15, -0.1) is 12.3 Å². The molecule has 0 saturated carbocycles. The van der Waals surface area contributed by atoms with Crippen molar-refractivity contribution in [2.45, 2.75) is 45.2 Å². The van der Waals surface area contributed by atoms with Crippen LogP contribution in [0.4, 0.5) is 4.79 Å². The van der Waals surface area contributed by atoms with Gasteiger partial charge in [0.15, 0.2) is 0 Å². The molecule has 0 aliphatic carbocycles. The molecule has 90 valence electrons. The third kappa shape index (κ3) is 5.91. The van der Waals surface area contributed by atoms with Crippen molar-refractivity contribution in [1.82, 2.24) is 10.6 Å². The number of urea groups is 1. The van der Waals surface area contributed by atoms with Crippen molar-refractivity contribution in [3.05, 3.63) is 0 Å². The molecule has 0 aromatic heterocycles. The normalized spacial score (nSPS) is 13.3. The molecule has 0 aliphatic heterocycles. The predicted molar refractivity (Wildman–Crippen MR) is 60.9 cm³/mol. The van der Waals surface area contributed by atoms with Crippen LogP contribution in [0.1, 0.15) is 33.1 Å². The fourth-order valence-corrected chi connectivity index (χ4v) is 1.25. The number of carboxylic acid groups (broad SMARTS) is 1. The van der Waals surface area contributed by atoms with Crippen LogP contribution in [0.15, 0.2) is 0 Å². The van der Waals surface area contributed by atoms with Crippen molar-refractivity contribution in [2.24, 2.45) is 0 Å². The maximum absolute atomic E-state index is 11.4. The van der Waals surface area contributed by atoms with E-state index in [9.17, 15) is 9.59 Å². The minimum absolute atomic E-state index is 0.0188. The van der Waals surface area contributed by atoms with Gasteiger partial charge < -0.3 is 15.7 Å². The number of nitrogens with one attached hydrogen (secondary N) is 2. The number of hydrogen-bond acceptors (Lipinski definition) is 2. The third-order valence-corrected chi connectivity index (χ3v) is 2.02. The zero-order valence-electron chi connectivity index (χ0n) is 9.62. The molecule has 0 aromatic carbocycles. The Morgan fingerprint density at radius 1 is 1.44 bits per heavy atom. The van der Waals surface area contributed by atoms with Gasteiger partial charge in [-0.05, 0) is 13.3 Å². The van der Waals surface area contributed by atoms with Gasteiger partial charge in [0.25, 0.3) is 0 Å². The number of aliphatic carboxylic acids is 1. The van der Waals surface area contributed by atoms with Crippen molar-refractivity contribution in [2.75, 3.05) is 0 Å². The van der Waals surface area contributed by atoms with E-state index in [1.807, 2.05) is 13.8 Å². The van der Waals surface area contributed by atoms with Gasteiger partial charge in [0.1, 0.15) is 6.04 Å². The van der Waals surface area contributed by atoms with Crippen molar-refractivity contribution in [1.29, 1.82) is 0 Å². The summed E-state index contributed by atoms with van der Waals surface area (Å²) in [5, 5.41) is 13.7. The van der Waals surface area contributed by atoms with Gasteiger partial charge in [0, 0.05) is 12.5 Å². The van der Waals surface area contributed by atoms with Gasteiger partial charge in [-0.25, -0.2) is 9.59 Å². The molecule has 5 nitrogen and oxygen atoms in total. The van der Waals surface area contributed by atoms with Crippen molar-refractivity contribution >= 4 is 12.0 Å². The number of terminal acetylenes is 1. The highest BCUT2D eigenvalue weighted by molar-refractivity contribution is 5.82. The lowest BCUT2D eigenvalue weighted by Gasteiger charge is -2.16. The molecule has 0 rings (SSSR count). The Hall–Kier alpha value is -1.70. The van der Waals surface area contributed by atoms with Crippen LogP contribution in [-0.4, -0.2) is 29.2 Å². The minimum Gasteiger partial charge on any atom is -0.480 e. The quantitative estimate of drug-likeness (QED) is 0.590. The highest BCUT2D eigenvalue weighted by atomic mass is 16.4. The molecule has 2 amide bonds. The summed E-state index contributed by atoms with van der Waals surface area (Å²) < 4.78 is 0. The lowest BCUT2D eigenvalue weighted by molar-refractivity contribution is -0.139. The number of carbonyl (C=O) groups excluding carboxylic acids is 1. The molecule has 16 heavy (non-hydrogen) atoms. The topological polar surface area (TPSA) is 78.4 Å². The second kappa shape index (κ2) is 7.57. The Labute approximate surface area is 95.6 Å². The first-order valence-corrected chi connectivity index (χ1v) is 5.24. The van der Waals surface area contributed by atoms with E-state index < -0.39 is 18.0 Å². The van der Waals surface area contributed by atoms with E-state index in [4.69, 9.17) is 11.5 Å². The molecule has 0 saturated heterocycles. The lowest BCUT2D eigenvalue weighted by Crippen LogP contribution is -2.48. The first-order valence-electron chi connectivity index (χ1n) is 5.24. The molecule has 5 heteroatoms. The fourth-order valence-electron chi connectivity index (χ4n) is 1.25. The summed E-state index contributed by atoms with van der Waals surface area (Å²) in [6.07, 6.45) is 6.78. The summed E-state index contributed by atoms with van der Waals surface area (Å²) in [4.78, 5) is 22.1. The van der Waals surface area contributed by atoms with E-state index in [0.29, 0.717) is 0 Å². The van der Waals surface area contributed by atoms with Crippen LogP contribution in [-0.2, 0) is 4.79 Å². The van der Waals surface area contributed by atoms with Gasteiger partial charge in [-0.1, -0.05) is 13.3 Å². The van der Waals surface area contributed by atoms with Crippen molar-refractivity contribution in [3.63, 3.8) is 0 Å². The average molecular weight is 226 g/mol. The molecule has 0 aromatic rings. The molecule has 3 N–H and O–H groups in total. The van der Waals surface area contributed by atoms with E-state index in [-0.39, 0.29) is 12.5 Å². The summed E-state index contributed by atoms with van der Waals surface area (Å²) in [7, 11) is 0. The third-order valence-electron chi connectivity index (χ3n) is 2.02. The Balaban J connectivity index is 4.10. The Bertz CT molecular complexity index is 283. The predicted octanol–water partition coefficient (Wildman–Crippen LogP) is 0.951. The minimum atomic E-state index is -1.13.